The Labute approximate surface area is 153 Å². The highest BCUT2D eigenvalue weighted by molar-refractivity contribution is 5.85. The molecule has 0 amide bonds. The molecular weight excluding hydrogens is 302 g/mol. The maximum absolute atomic E-state index is 3.76. The lowest BCUT2D eigenvalue weighted by atomic mass is 9.95. The number of hydrogen-bond donors (Lipinski definition) is 1. The molecule has 1 saturated heterocycles. The average molecular weight is 346 g/mol. The Hall–Kier alpha value is 0.250. The van der Waals surface area contributed by atoms with Crippen molar-refractivity contribution in [1.29, 1.82) is 0 Å². The van der Waals surface area contributed by atoms with E-state index in [4.69, 9.17) is 0 Å². The predicted molar refractivity (Wildman–Crippen MR) is 108 cm³/mol. The zero-order valence-corrected chi connectivity index (χ0v) is 16.9. The third-order valence-electron chi connectivity index (χ3n) is 5.37. The monoisotopic (exact) mass is 345 g/mol. The number of unbranched alkanes of at least 4 members (excludes halogenated alkanes) is 12. The molecule has 1 nitrogen and oxygen atoms in total. The lowest BCUT2D eigenvalue weighted by Crippen LogP contribution is -2.40. The van der Waals surface area contributed by atoms with Crippen LogP contribution in [0.25, 0.3) is 0 Å². The van der Waals surface area contributed by atoms with Crippen molar-refractivity contribution in [3.8, 4) is 0 Å². The zero-order valence-electron chi connectivity index (χ0n) is 16.1. The molecule has 23 heavy (non-hydrogen) atoms. The maximum Gasteiger partial charge on any atom is 0.00695 e. The normalized spacial score (nSPS) is 21.1. The van der Waals surface area contributed by atoms with Crippen LogP contribution in [0.15, 0.2) is 0 Å². The molecule has 1 aliphatic rings. The molecule has 1 heterocycles. The maximum atomic E-state index is 3.76. The molecule has 2 heteroatoms. The van der Waals surface area contributed by atoms with Gasteiger partial charge in [-0.05, 0) is 26.2 Å². The molecule has 0 spiro atoms. The van der Waals surface area contributed by atoms with Crippen LogP contribution in [-0.2, 0) is 0 Å². The van der Waals surface area contributed by atoms with Crippen LogP contribution in [0, 0.1) is 0 Å². The fourth-order valence-corrected chi connectivity index (χ4v) is 3.88. The van der Waals surface area contributed by atoms with Crippen LogP contribution >= 0.6 is 12.4 Å². The molecule has 0 aromatic heterocycles. The highest BCUT2D eigenvalue weighted by Gasteiger charge is 2.16. The molecule has 1 rings (SSSR count). The summed E-state index contributed by atoms with van der Waals surface area (Å²) >= 11 is 0. The minimum absolute atomic E-state index is 0. The molecule has 0 bridgehead atoms. The fraction of sp³-hybridized carbons (Fsp3) is 1.00. The van der Waals surface area contributed by atoms with Crippen LogP contribution in [0.3, 0.4) is 0 Å². The molecule has 1 N–H and O–H groups in total. The van der Waals surface area contributed by atoms with Gasteiger partial charge < -0.3 is 5.32 Å². The second kappa shape index (κ2) is 17.1. The Morgan fingerprint density at radius 3 is 1.65 bits per heavy atom. The summed E-state index contributed by atoms with van der Waals surface area (Å²) in [6.07, 6.45) is 24.7. The smallest absolute Gasteiger partial charge is 0.00695 e. The number of rotatable bonds is 14. The standard InChI is InChI=1S/C21H43N.ClH/c1-3-4-5-6-7-8-9-10-11-12-13-14-15-18-21-19-16-17-20(2)22-21;/h20-22H,3-19H2,1-2H3;1H/t20-,21+;/m1./s1. The Morgan fingerprint density at radius 1 is 0.696 bits per heavy atom. The van der Waals surface area contributed by atoms with E-state index in [1.165, 1.54) is 109 Å². The van der Waals surface area contributed by atoms with E-state index in [1.54, 1.807) is 0 Å². The van der Waals surface area contributed by atoms with Gasteiger partial charge in [0.05, 0.1) is 0 Å². The van der Waals surface area contributed by atoms with Crippen LogP contribution in [0.2, 0.25) is 0 Å². The van der Waals surface area contributed by atoms with E-state index in [-0.39, 0.29) is 12.4 Å². The van der Waals surface area contributed by atoms with Crippen molar-refractivity contribution in [2.45, 2.75) is 135 Å². The van der Waals surface area contributed by atoms with Crippen LogP contribution in [0.5, 0.6) is 0 Å². The number of hydrogen-bond acceptors (Lipinski definition) is 1. The molecular formula is C21H44ClN. The van der Waals surface area contributed by atoms with Crippen molar-refractivity contribution in [2.75, 3.05) is 0 Å². The van der Waals surface area contributed by atoms with E-state index in [9.17, 15) is 0 Å². The average Bonchev–Trinajstić information content (AvgIpc) is 2.52. The Morgan fingerprint density at radius 2 is 1.17 bits per heavy atom. The van der Waals surface area contributed by atoms with Gasteiger partial charge in [0.2, 0.25) is 0 Å². The van der Waals surface area contributed by atoms with Gasteiger partial charge in [-0.3, -0.25) is 0 Å². The molecule has 1 fully saturated rings. The van der Waals surface area contributed by atoms with Crippen LogP contribution < -0.4 is 5.32 Å². The summed E-state index contributed by atoms with van der Waals surface area (Å²) in [5.74, 6) is 0. The van der Waals surface area contributed by atoms with Crippen molar-refractivity contribution in [2.24, 2.45) is 0 Å². The quantitative estimate of drug-likeness (QED) is 0.323. The van der Waals surface area contributed by atoms with Crippen molar-refractivity contribution < 1.29 is 0 Å². The van der Waals surface area contributed by atoms with Gasteiger partial charge >= 0.3 is 0 Å². The summed E-state index contributed by atoms with van der Waals surface area (Å²) in [6.45, 7) is 4.64. The highest BCUT2D eigenvalue weighted by Crippen LogP contribution is 2.18. The largest absolute Gasteiger partial charge is 0.312 e. The van der Waals surface area contributed by atoms with Crippen molar-refractivity contribution in [1.82, 2.24) is 5.32 Å². The molecule has 0 aliphatic carbocycles. The third kappa shape index (κ3) is 14.3. The first-order valence-electron chi connectivity index (χ1n) is 10.6. The number of halogens is 1. The molecule has 0 aromatic carbocycles. The van der Waals surface area contributed by atoms with E-state index in [0.29, 0.717) is 0 Å². The Kier molecular flexibility index (Phi) is 17.3. The molecule has 140 valence electrons. The SMILES string of the molecule is CCCCCCCCCCCCCCC[C@H]1CCC[C@@H](C)N1.Cl. The van der Waals surface area contributed by atoms with Gasteiger partial charge in [-0.1, -0.05) is 96.8 Å². The van der Waals surface area contributed by atoms with Gasteiger partial charge in [0.1, 0.15) is 0 Å². The summed E-state index contributed by atoms with van der Waals surface area (Å²) in [5.41, 5.74) is 0. The third-order valence-corrected chi connectivity index (χ3v) is 5.37. The Balaban J connectivity index is 0.00000484. The summed E-state index contributed by atoms with van der Waals surface area (Å²) < 4.78 is 0. The summed E-state index contributed by atoms with van der Waals surface area (Å²) in [4.78, 5) is 0. The number of piperidine rings is 1. The van der Waals surface area contributed by atoms with E-state index in [2.05, 4.69) is 19.2 Å². The van der Waals surface area contributed by atoms with Crippen LogP contribution in [-0.4, -0.2) is 12.1 Å². The lowest BCUT2D eigenvalue weighted by Gasteiger charge is -2.28. The highest BCUT2D eigenvalue weighted by atomic mass is 35.5. The zero-order chi connectivity index (χ0) is 15.9. The summed E-state index contributed by atoms with van der Waals surface area (Å²) in [5, 5.41) is 3.76. The van der Waals surface area contributed by atoms with Gasteiger partial charge in [0.15, 0.2) is 0 Å². The molecule has 0 unspecified atom stereocenters. The lowest BCUT2D eigenvalue weighted by molar-refractivity contribution is 0.314. The number of nitrogens with one attached hydrogen (secondary N) is 1. The van der Waals surface area contributed by atoms with E-state index in [0.717, 1.165) is 12.1 Å². The molecule has 0 saturated carbocycles. The van der Waals surface area contributed by atoms with Crippen molar-refractivity contribution in [3.63, 3.8) is 0 Å². The van der Waals surface area contributed by atoms with E-state index < -0.39 is 0 Å². The minimum Gasteiger partial charge on any atom is -0.312 e. The second-order valence-electron chi connectivity index (χ2n) is 7.73. The van der Waals surface area contributed by atoms with Gasteiger partial charge in [-0.25, -0.2) is 0 Å². The first kappa shape index (κ1) is 23.2. The first-order chi connectivity index (χ1) is 10.8. The first-order valence-corrected chi connectivity index (χ1v) is 10.6. The van der Waals surface area contributed by atoms with Crippen LogP contribution in [0.1, 0.15) is 123 Å². The van der Waals surface area contributed by atoms with Gasteiger partial charge in [-0.15, -0.1) is 12.4 Å². The van der Waals surface area contributed by atoms with Crippen molar-refractivity contribution in [3.05, 3.63) is 0 Å². The van der Waals surface area contributed by atoms with Crippen LogP contribution in [0.4, 0.5) is 0 Å². The second-order valence-corrected chi connectivity index (χ2v) is 7.73. The van der Waals surface area contributed by atoms with Gasteiger partial charge in [0.25, 0.3) is 0 Å². The van der Waals surface area contributed by atoms with Gasteiger partial charge in [0, 0.05) is 12.1 Å². The van der Waals surface area contributed by atoms with E-state index in [1.807, 2.05) is 0 Å². The minimum atomic E-state index is 0. The van der Waals surface area contributed by atoms with Gasteiger partial charge in [-0.2, -0.15) is 0 Å². The predicted octanol–water partition coefficient (Wildman–Crippen LogP) is 7.42. The summed E-state index contributed by atoms with van der Waals surface area (Å²) in [7, 11) is 0. The molecule has 0 radical (unpaired) electrons. The fourth-order valence-electron chi connectivity index (χ4n) is 3.88. The van der Waals surface area contributed by atoms with E-state index >= 15 is 0 Å². The van der Waals surface area contributed by atoms with Crippen molar-refractivity contribution >= 4 is 12.4 Å². The summed E-state index contributed by atoms with van der Waals surface area (Å²) in [6, 6.07) is 1.59. The molecule has 0 aromatic rings. The Bertz CT molecular complexity index is 232. The topological polar surface area (TPSA) is 12.0 Å². The molecule has 1 aliphatic heterocycles. The molecule has 2 atom stereocenters.